The minimum atomic E-state index is -0.269. The van der Waals surface area contributed by atoms with E-state index in [1.54, 1.807) is 16.8 Å². The first kappa shape index (κ1) is 22.4. The first-order valence-electron chi connectivity index (χ1n) is 10.1. The maximum absolute atomic E-state index is 13.1. The fourth-order valence-electron chi connectivity index (χ4n) is 2.93. The average Bonchev–Trinajstić information content (AvgIpc) is 3.17. The second-order valence-electron chi connectivity index (χ2n) is 6.64. The molecule has 1 amide bonds. The fraction of sp³-hybridized carbons (Fsp3) is 0.476. The molecule has 7 nitrogen and oxygen atoms in total. The van der Waals surface area contributed by atoms with Gasteiger partial charge in [-0.3, -0.25) is 9.79 Å². The molecule has 158 valence electrons. The van der Waals surface area contributed by atoms with Gasteiger partial charge in [-0.25, -0.2) is 9.07 Å². The van der Waals surface area contributed by atoms with Crippen LogP contribution in [0.25, 0.3) is 5.69 Å². The lowest BCUT2D eigenvalue weighted by atomic mass is 10.3. The van der Waals surface area contributed by atoms with E-state index in [9.17, 15) is 9.18 Å². The molecule has 1 aromatic heterocycles. The van der Waals surface area contributed by atoms with Gasteiger partial charge in [0.05, 0.1) is 17.9 Å². The quantitative estimate of drug-likeness (QED) is 0.516. The summed E-state index contributed by atoms with van der Waals surface area (Å²) in [5.41, 5.74) is 1.71. The van der Waals surface area contributed by atoms with Crippen LogP contribution in [0.15, 0.2) is 41.5 Å². The summed E-state index contributed by atoms with van der Waals surface area (Å²) in [6.07, 6.45) is 2.52. The monoisotopic (exact) mass is 402 g/mol. The van der Waals surface area contributed by atoms with Gasteiger partial charge in [-0.15, -0.1) is 0 Å². The zero-order chi connectivity index (χ0) is 21.2. The molecule has 0 bridgehead atoms. The lowest BCUT2D eigenvalue weighted by Crippen LogP contribution is -2.45. The molecule has 0 unspecified atom stereocenters. The third-order valence-corrected chi connectivity index (χ3v) is 4.55. The first-order valence-corrected chi connectivity index (χ1v) is 10.1. The number of amides is 1. The van der Waals surface area contributed by atoms with Crippen LogP contribution in [-0.2, 0) is 11.2 Å². The van der Waals surface area contributed by atoms with E-state index in [1.807, 2.05) is 49.9 Å². The smallest absolute Gasteiger partial charge is 0.242 e. The number of rotatable bonds is 9. The summed E-state index contributed by atoms with van der Waals surface area (Å²) in [6, 6.07) is 8.14. The van der Waals surface area contributed by atoms with E-state index in [4.69, 9.17) is 0 Å². The summed E-state index contributed by atoms with van der Waals surface area (Å²) in [5, 5.41) is 7.75. The number of aliphatic imine (C=N–C) groups is 1. The van der Waals surface area contributed by atoms with Gasteiger partial charge in [0.2, 0.25) is 5.91 Å². The Kier molecular flexibility index (Phi) is 8.64. The second kappa shape index (κ2) is 11.2. The van der Waals surface area contributed by atoms with Crippen LogP contribution in [0.1, 0.15) is 26.5 Å². The molecular formula is C21H31FN6O. The van der Waals surface area contributed by atoms with Crippen molar-refractivity contribution in [1.82, 2.24) is 24.9 Å². The van der Waals surface area contributed by atoms with Gasteiger partial charge in [0.15, 0.2) is 5.96 Å². The highest BCUT2D eigenvalue weighted by molar-refractivity contribution is 5.86. The van der Waals surface area contributed by atoms with Crippen LogP contribution in [-0.4, -0.2) is 71.2 Å². The Morgan fingerprint density at radius 3 is 2.48 bits per heavy atom. The van der Waals surface area contributed by atoms with Crippen LogP contribution in [0.2, 0.25) is 0 Å². The molecule has 0 fully saturated rings. The summed E-state index contributed by atoms with van der Waals surface area (Å²) in [5.74, 6) is 0.516. The molecule has 0 saturated carbocycles. The van der Waals surface area contributed by atoms with Crippen molar-refractivity contribution in [2.75, 3.05) is 39.8 Å². The van der Waals surface area contributed by atoms with Gasteiger partial charge in [0, 0.05) is 45.8 Å². The minimum Gasteiger partial charge on any atom is -0.357 e. The lowest BCUT2D eigenvalue weighted by molar-refractivity contribution is -0.131. The number of likely N-dealkylation sites (N-methyl/N-ethyl adjacent to an activating group) is 2. The molecule has 0 aliphatic rings. The highest BCUT2D eigenvalue weighted by Crippen LogP contribution is 2.09. The molecule has 0 atom stereocenters. The summed E-state index contributed by atoms with van der Waals surface area (Å²) in [6.45, 7) is 8.92. The van der Waals surface area contributed by atoms with Crippen molar-refractivity contribution in [3.05, 3.63) is 48.0 Å². The topological polar surface area (TPSA) is 65.8 Å². The van der Waals surface area contributed by atoms with Crippen LogP contribution in [0, 0.1) is 5.82 Å². The molecule has 2 aromatic rings. The number of halogens is 1. The molecular weight excluding hydrogens is 371 g/mol. The van der Waals surface area contributed by atoms with E-state index in [0.717, 1.165) is 17.9 Å². The number of benzene rings is 1. The Labute approximate surface area is 172 Å². The van der Waals surface area contributed by atoms with Crippen molar-refractivity contribution in [2.24, 2.45) is 4.99 Å². The van der Waals surface area contributed by atoms with Crippen molar-refractivity contribution in [3.63, 3.8) is 0 Å². The molecule has 1 N–H and O–H groups in total. The standard InChI is InChI=1S/C21H31FN6O/c1-5-23-21(26(4)16-20(29)27(6-2)7-3)24-14-12-18-13-15-28(25-18)19-10-8-17(22)9-11-19/h8-11,13,15H,5-7,12,14,16H2,1-4H3,(H,23,24). The number of nitrogens with zero attached hydrogens (tertiary/aromatic N) is 5. The van der Waals surface area contributed by atoms with Crippen molar-refractivity contribution in [1.29, 1.82) is 0 Å². The van der Waals surface area contributed by atoms with Crippen LogP contribution in [0.5, 0.6) is 0 Å². The van der Waals surface area contributed by atoms with Crippen LogP contribution in [0.4, 0.5) is 4.39 Å². The fourth-order valence-corrected chi connectivity index (χ4v) is 2.93. The van der Waals surface area contributed by atoms with Gasteiger partial charge in [-0.05, 0) is 51.1 Å². The van der Waals surface area contributed by atoms with Crippen molar-refractivity contribution in [2.45, 2.75) is 27.2 Å². The highest BCUT2D eigenvalue weighted by atomic mass is 19.1. The first-order chi connectivity index (χ1) is 14.0. The van der Waals surface area contributed by atoms with E-state index in [2.05, 4.69) is 15.4 Å². The summed E-state index contributed by atoms with van der Waals surface area (Å²) < 4.78 is 14.8. The molecule has 1 heterocycles. The summed E-state index contributed by atoms with van der Waals surface area (Å²) in [7, 11) is 1.87. The summed E-state index contributed by atoms with van der Waals surface area (Å²) >= 11 is 0. The lowest BCUT2D eigenvalue weighted by Gasteiger charge is -2.25. The number of carbonyl (C=O) groups is 1. The Morgan fingerprint density at radius 2 is 1.86 bits per heavy atom. The van der Waals surface area contributed by atoms with Crippen molar-refractivity contribution < 1.29 is 9.18 Å². The predicted octanol–water partition coefficient (Wildman–Crippen LogP) is 2.32. The second-order valence-corrected chi connectivity index (χ2v) is 6.64. The van der Waals surface area contributed by atoms with Gasteiger partial charge in [0.1, 0.15) is 5.82 Å². The largest absolute Gasteiger partial charge is 0.357 e. The Balaban J connectivity index is 1.96. The summed E-state index contributed by atoms with van der Waals surface area (Å²) in [4.78, 5) is 20.6. The molecule has 1 aromatic carbocycles. The van der Waals surface area contributed by atoms with E-state index < -0.39 is 0 Å². The number of hydrogen-bond acceptors (Lipinski definition) is 3. The van der Waals surface area contributed by atoms with Gasteiger partial charge in [0.25, 0.3) is 0 Å². The average molecular weight is 403 g/mol. The molecule has 0 radical (unpaired) electrons. The van der Waals surface area contributed by atoms with Crippen LogP contribution >= 0.6 is 0 Å². The van der Waals surface area contributed by atoms with Gasteiger partial charge >= 0.3 is 0 Å². The minimum absolute atomic E-state index is 0.0844. The van der Waals surface area contributed by atoms with Gasteiger partial charge in [-0.2, -0.15) is 5.10 Å². The van der Waals surface area contributed by atoms with Crippen molar-refractivity contribution >= 4 is 11.9 Å². The third-order valence-electron chi connectivity index (χ3n) is 4.55. The Hall–Kier alpha value is -2.90. The Bertz CT molecular complexity index is 798. The van der Waals surface area contributed by atoms with E-state index in [0.29, 0.717) is 32.0 Å². The van der Waals surface area contributed by atoms with Crippen LogP contribution in [0.3, 0.4) is 0 Å². The van der Waals surface area contributed by atoms with Crippen molar-refractivity contribution in [3.8, 4) is 5.69 Å². The molecule has 8 heteroatoms. The third kappa shape index (κ3) is 6.58. The zero-order valence-corrected chi connectivity index (χ0v) is 17.7. The normalized spacial score (nSPS) is 11.4. The van der Waals surface area contributed by atoms with Gasteiger partial charge in [-0.1, -0.05) is 0 Å². The Morgan fingerprint density at radius 1 is 1.17 bits per heavy atom. The SMILES string of the molecule is CCNC(=NCCc1ccn(-c2ccc(F)cc2)n1)N(C)CC(=O)N(CC)CC. The zero-order valence-electron chi connectivity index (χ0n) is 17.7. The molecule has 29 heavy (non-hydrogen) atoms. The highest BCUT2D eigenvalue weighted by Gasteiger charge is 2.15. The molecule has 0 saturated heterocycles. The maximum Gasteiger partial charge on any atom is 0.242 e. The van der Waals surface area contributed by atoms with Gasteiger partial charge < -0.3 is 15.1 Å². The van der Waals surface area contributed by atoms with Crippen LogP contribution < -0.4 is 5.32 Å². The van der Waals surface area contributed by atoms with E-state index in [1.165, 1.54) is 12.1 Å². The van der Waals surface area contributed by atoms with E-state index in [-0.39, 0.29) is 18.3 Å². The molecule has 0 spiro atoms. The molecule has 0 aliphatic heterocycles. The molecule has 0 aliphatic carbocycles. The van der Waals surface area contributed by atoms with E-state index >= 15 is 0 Å². The number of hydrogen-bond donors (Lipinski definition) is 1. The number of nitrogens with one attached hydrogen (secondary N) is 1. The number of guanidine groups is 1. The maximum atomic E-state index is 13.1. The predicted molar refractivity (Wildman–Crippen MR) is 114 cm³/mol. The molecule has 2 rings (SSSR count). The number of carbonyl (C=O) groups excluding carboxylic acids is 1. The number of aromatic nitrogens is 2.